The molecule has 2 aliphatic carbocycles. The van der Waals surface area contributed by atoms with Crippen LogP contribution in [0, 0.1) is 23.7 Å². The van der Waals surface area contributed by atoms with Crippen molar-refractivity contribution in [3.63, 3.8) is 0 Å². The van der Waals surface area contributed by atoms with E-state index in [1.807, 2.05) is 0 Å². The van der Waals surface area contributed by atoms with Crippen molar-refractivity contribution in [1.82, 2.24) is 5.32 Å². The molecule has 0 radical (unpaired) electrons. The van der Waals surface area contributed by atoms with E-state index in [0.29, 0.717) is 12.5 Å². The highest BCUT2D eigenvalue weighted by molar-refractivity contribution is 6.20. The van der Waals surface area contributed by atoms with Crippen LogP contribution in [0.4, 0.5) is 0 Å². The topological polar surface area (TPSA) is 29.1 Å². The summed E-state index contributed by atoms with van der Waals surface area (Å²) < 4.78 is 0. The van der Waals surface area contributed by atoms with Crippen molar-refractivity contribution in [3.05, 3.63) is 0 Å². The van der Waals surface area contributed by atoms with E-state index in [1.54, 1.807) is 0 Å². The highest BCUT2D eigenvalue weighted by Gasteiger charge is 2.34. The van der Waals surface area contributed by atoms with Gasteiger partial charge in [0, 0.05) is 12.5 Å². The molecule has 0 saturated heterocycles. The van der Waals surface area contributed by atoms with Crippen LogP contribution in [0.2, 0.25) is 0 Å². The summed E-state index contributed by atoms with van der Waals surface area (Å²) in [5, 5.41) is 3.16. The average molecular weight is 300 g/mol. The molecule has 2 aliphatic rings. The minimum Gasteiger partial charge on any atom is -0.354 e. The smallest absolute Gasteiger partial charge is 0.223 e. The maximum absolute atomic E-state index is 12.3. The Morgan fingerprint density at radius 3 is 2.55 bits per heavy atom. The van der Waals surface area contributed by atoms with Gasteiger partial charge in [-0.2, -0.15) is 0 Å². The van der Waals surface area contributed by atoms with Crippen molar-refractivity contribution in [2.24, 2.45) is 23.7 Å². The number of rotatable bonds is 5. The number of fused-ring (bicyclic) bond motifs is 1. The molecule has 0 heterocycles. The van der Waals surface area contributed by atoms with Crippen molar-refractivity contribution in [1.29, 1.82) is 0 Å². The zero-order valence-corrected chi connectivity index (χ0v) is 13.8. The number of carbonyl (C=O) groups is 1. The van der Waals surface area contributed by atoms with Gasteiger partial charge in [0.05, 0.1) is 5.38 Å². The maximum atomic E-state index is 12.3. The lowest BCUT2D eigenvalue weighted by Crippen LogP contribution is -2.39. The average Bonchev–Trinajstić information content (AvgIpc) is 2.43. The first kappa shape index (κ1) is 16.1. The van der Waals surface area contributed by atoms with Crippen LogP contribution in [0.15, 0.2) is 0 Å². The van der Waals surface area contributed by atoms with Gasteiger partial charge < -0.3 is 5.32 Å². The van der Waals surface area contributed by atoms with Crippen LogP contribution in [0.1, 0.15) is 65.2 Å². The van der Waals surface area contributed by atoms with Crippen LogP contribution in [-0.2, 0) is 4.79 Å². The SMILES string of the molecule is CC(C)CC(Cl)CNC(=O)C1CCC2CCCCC2C1. The van der Waals surface area contributed by atoms with Gasteiger partial charge in [-0.3, -0.25) is 4.79 Å². The Labute approximate surface area is 129 Å². The van der Waals surface area contributed by atoms with Gasteiger partial charge in [-0.15, -0.1) is 11.6 Å². The van der Waals surface area contributed by atoms with Crippen LogP contribution in [0.5, 0.6) is 0 Å². The van der Waals surface area contributed by atoms with Crippen LogP contribution < -0.4 is 5.32 Å². The van der Waals surface area contributed by atoms with Gasteiger partial charge in [0.2, 0.25) is 5.91 Å². The van der Waals surface area contributed by atoms with Gasteiger partial charge in [0.1, 0.15) is 0 Å². The molecule has 2 nitrogen and oxygen atoms in total. The first-order valence-electron chi connectivity index (χ1n) is 8.48. The third-order valence-electron chi connectivity index (χ3n) is 5.14. The van der Waals surface area contributed by atoms with Gasteiger partial charge in [0.15, 0.2) is 0 Å². The zero-order valence-electron chi connectivity index (χ0n) is 13.0. The molecule has 0 aromatic rings. The molecule has 2 rings (SSSR count). The van der Waals surface area contributed by atoms with Crippen LogP contribution in [0.3, 0.4) is 0 Å². The maximum Gasteiger partial charge on any atom is 0.223 e. The van der Waals surface area contributed by atoms with Crippen molar-refractivity contribution in [2.75, 3.05) is 6.54 Å². The van der Waals surface area contributed by atoms with E-state index >= 15 is 0 Å². The van der Waals surface area contributed by atoms with Gasteiger partial charge >= 0.3 is 0 Å². The largest absolute Gasteiger partial charge is 0.354 e. The van der Waals surface area contributed by atoms with Crippen molar-refractivity contribution in [3.8, 4) is 0 Å². The molecule has 1 amide bonds. The van der Waals surface area contributed by atoms with E-state index in [4.69, 9.17) is 11.6 Å². The molecule has 3 heteroatoms. The number of carbonyl (C=O) groups excluding carboxylic acids is 1. The second-order valence-electron chi connectivity index (χ2n) is 7.29. The molecule has 4 atom stereocenters. The molecule has 0 aliphatic heterocycles. The zero-order chi connectivity index (χ0) is 14.5. The minimum atomic E-state index is 0.0740. The van der Waals surface area contributed by atoms with Gasteiger partial charge in [0.25, 0.3) is 0 Å². The standard InChI is InChI=1S/C17H30ClNO/c1-12(2)9-16(18)11-19-17(20)15-8-7-13-5-3-4-6-14(13)10-15/h12-16H,3-11H2,1-2H3,(H,19,20). The predicted molar refractivity (Wildman–Crippen MR) is 84.9 cm³/mol. The molecular weight excluding hydrogens is 270 g/mol. The number of amides is 1. The molecule has 1 N–H and O–H groups in total. The van der Waals surface area contributed by atoms with Crippen molar-refractivity contribution >= 4 is 17.5 Å². The molecule has 2 saturated carbocycles. The highest BCUT2D eigenvalue weighted by Crippen LogP contribution is 2.42. The third-order valence-corrected chi connectivity index (χ3v) is 5.47. The van der Waals surface area contributed by atoms with E-state index in [1.165, 1.54) is 32.1 Å². The first-order chi connectivity index (χ1) is 9.56. The number of hydrogen-bond donors (Lipinski definition) is 1. The van der Waals surface area contributed by atoms with Gasteiger partial charge in [-0.05, 0) is 43.4 Å². The van der Waals surface area contributed by atoms with E-state index < -0.39 is 0 Å². The van der Waals surface area contributed by atoms with E-state index in [2.05, 4.69) is 19.2 Å². The number of hydrogen-bond acceptors (Lipinski definition) is 1. The first-order valence-corrected chi connectivity index (χ1v) is 8.91. The summed E-state index contributed by atoms with van der Waals surface area (Å²) in [5.41, 5.74) is 0. The predicted octanol–water partition coefficient (Wildman–Crippen LogP) is 4.36. The summed E-state index contributed by atoms with van der Waals surface area (Å²) in [6, 6.07) is 0. The van der Waals surface area contributed by atoms with Crippen molar-refractivity contribution < 1.29 is 4.79 Å². The Morgan fingerprint density at radius 2 is 1.85 bits per heavy atom. The molecule has 0 bridgehead atoms. The summed E-state index contributed by atoms with van der Waals surface area (Å²) >= 11 is 6.25. The van der Waals surface area contributed by atoms with E-state index in [-0.39, 0.29) is 17.2 Å². The third kappa shape index (κ3) is 4.65. The lowest BCUT2D eigenvalue weighted by molar-refractivity contribution is -0.127. The number of alkyl halides is 1. The summed E-state index contributed by atoms with van der Waals surface area (Å²) in [4.78, 5) is 12.3. The molecule has 2 fully saturated rings. The van der Waals surface area contributed by atoms with Crippen LogP contribution >= 0.6 is 11.6 Å². The fourth-order valence-electron chi connectivity index (χ4n) is 4.06. The molecule has 0 spiro atoms. The molecule has 0 aromatic carbocycles. The summed E-state index contributed by atoms with van der Waals surface area (Å²) in [7, 11) is 0. The second-order valence-corrected chi connectivity index (χ2v) is 7.90. The molecule has 4 unspecified atom stereocenters. The quantitative estimate of drug-likeness (QED) is 0.751. The normalized spacial score (nSPS) is 31.7. The number of nitrogens with one attached hydrogen (secondary N) is 1. The Hall–Kier alpha value is -0.240. The lowest BCUT2D eigenvalue weighted by atomic mass is 9.67. The van der Waals surface area contributed by atoms with Crippen LogP contribution in [0.25, 0.3) is 0 Å². The summed E-state index contributed by atoms with van der Waals surface area (Å²) in [6.45, 7) is 4.96. The highest BCUT2D eigenvalue weighted by atomic mass is 35.5. The molecular formula is C17H30ClNO. The lowest BCUT2D eigenvalue weighted by Gasteiger charge is -2.38. The Morgan fingerprint density at radius 1 is 1.15 bits per heavy atom. The minimum absolute atomic E-state index is 0.0740. The summed E-state index contributed by atoms with van der Waals surface area (Å²) in [6.07, 6.45) is 9.96. The fourth-order valence-corrected chi connectivity index (χ4v) is 4.50. The Bertz CT molecular complexity index is 318. The second kappa shape index (κ2) is 7.68. The van der Waals surface area contributed by atoms with E-state index in [0.717, 1.165) is 31.1 Å². The Balaban J connectivity index is 1.73. The van der Waals surface area contributed by atoms with Crippen LogP contribution in [-0.4, -0.2) is 17.8 Å². The van der Waals surface area contributed by atoms with Gasteiger partial charge in [-0.1, -0.05) is 39.5 Å². The number of halogens is 1. The summed E-state index contributed by atoms with van der Waals surface area (Å²) in [5.74, 6) is 2.82. The molecule has 20 heavy (non-hydrogen) atoms. The van der Waals surface area contributed by atoms with E-state index in [9.17, 15) is 4.79 Å². The Kier molecular flexibility index (Phi) is 6.20. The monoisotopic (exact) mass is 299 g/mol. The van der Waals surface area contributed by atoms with Crippen molar-refractivity contribution in [2.45, 2.75) is 70.6 Å². The fraction of sp³-hybridized carbons (Fsp3) is 0.941. The molecule has 116 valence electrons. The molecule has 0 aromatic heterocycles. The van der Waals surface area contributed by atoms with Gasteiger partial charge in [-0.25, -0.2) is 0 Å².